The maximum absolute atomic E-state index is 4.27. The number of rotatable bonds is 14. The molecule has 0 bridgehead atoms. The van der Waals surface area contributed by atoms with Crippen molar-refractivity contribution in [1.29, 1.82) is 0 Å². The Bertz CT molecular complexity index is 146. The lowest BCUT2D eigenvalue weighted by atomic mass is 10.0. The largest absolute Gasteiger partial charge is 0.165 e. The van der Waals surface area contributed by atoms with Gasteiger partial charge < -0.3 is 0 Å². The van der Waals surface area contributed by atoms with Crippen LogP contribution in [0.15, 0.2) is 0 Å². The minimum absolute atomic E-state index is 0.290. The third-order valence-electron chi connectivity index (χ3n) is 3.57. The molecule has 0 aromatic rings. The maximum Gasteiger partial charge on any atom is 0.0442 e. The zero-order valence-electron chi connectivity index (χ0n) is 12.4. The van der Waals surface area contributed by atoms with E-state index in [1.165, 1.54) is 83.5 Å². The fraction of sp³-hybridized carbons (Fsp3) is 1.00. The summed E-state index contributed by atoms with van der Waals surface area (Å²) in [5.74, 6) is 0. The highest BCUT2D eigenvalue weighted by molar-refractivity contribution is 7.99. The maximum atomic E-state index is 4.27. The summed E-state index contributed by atoms with van der Waals surface area (Å²) >= 11 is 8.55. The molecule has 2 heteroatoms. The lowest BCUT2D eigenvalue weighted by Crippen LogP contribution is -1.87. The highest BCUT2D eigenvalue weighted by Gasteiger charge is 1.96. The Kier molecular flexibility index (Phi) is 16.4. The highest BCUT2D eigenvalue weighted by Crippen LogP contribution is 2.15. The molecule has 0 atom stereocenters. The van der Waals surface area contributed by atoms with Crippen LogP contribution in [0.2, 0.25) is 0 Å². The van der Waals surface area contributed by atoms with E-state index in [1.807, 2.05) is 0 Å². The van der Waals surface area contributed by atoms with Crippen LogP contribution in [0.5, 0.6) is 0 Å². The average molecular weight is 291 g/mol. The van der Waals surface area contributed by atoms with E-state index in [4.69, 9.17) is 0 Å². The Morgan fingerprint density at radius 1 is 0.556 bits per heavy atom. The van der Waals surface area contributed by atoms with E-state index in [0.29, 0.717) is 0 Å². The molecule has 0 saturated heterocycles. The van der Waals surface area contributed by atoms with Crippen molar-refractivity contribution in [3.05, 3.63) is 0 Å². The number of unbranched alkanes of at least 4 members (excludes halogenated alkanes) is 12. The molecule has 0 saturated carbocycles. The summed E-state index contributed by atoms with van der Waals surface area (Å²) in [5, 5.41) is 0. The molecule has 0 aliphatic rings. The van der Waals surface area contributed by atoms with Gasteiger partial charge in [0.15, 0.2) is 0 Å². The first-order chi connectivity index (χ1) is 8.77. The van der Waals surface area contributed by atoms with E-state index < -0.39 is 0 Å². The van der Waals surface area contributed by atoms with Gasteiger partial charge in [0.2, 0.25) is 0 Å². The molecule has 0 nitrogen and oxygen atoms in total. The molecule has 0 aromatic heterocycles. The summed E-state index contributed by atoms with van der Waals surface area (Å²) in [5.41, 5.74) is 0. The second-order valence-electron chi connectivity index (χ2n) is 5.51. The fourth-order valence-electron chi connectivity index (χ4n) is 2.34. The zero-order valence-corrected chi connectivity index (χ0v) is 14.2. The van der Waals surface area contributed by atoms with Crippen LogP contribution < -0.4 is 0 Å². The zero-order chi connectivity index (χ0) is 13.5. The Hall–Kier alpha value is 0.700. The van der Waals surface area contributed by atoms with Gasteiger partial charge in [0.05, 0.1) is 0 Å². The van der Waals surface area contributed by atoms with Crippen molar-refractivity contribution < 1.29 is 0 Å². The molecule has 0 heterocycles. The second kappa shape index (κ2) is 15.8. The van der Waals surface area contributed by atoms with Crippen molar-refractivity contribution in [3.63, 3.8) is 0 Å². The van der Waals surface area contributed by atoms with Crippen LogP contribution >= 0.6 is 25.3 Å². The SMILES string of the molecule is CCCCCCCCCCCCCCCC(S)S. The molecule has 0 aliphatic carbocycles. The lowest BCUT2D eigenvalue weighted by molar-refractivity contribution is 0.538. The minimum atomic E-state index is 0.290. The van der Waals surface area contributed by atoms with Gasteiger partial charge >= 0.3 is 0 Å². The molecule has 0 unspecified atom stereocenters. The molecule has 110 valence electrons. The van der Waals surface area contributed by atoms with Crippen molar-refractivity contribution in [3.8, 4) is 0 Å². The molecular weight excluding hydrogens is 256 g/mol. The molecule has 0 fully saturated rings. The van der Waals surface area contributed by atoms with Crippen molar-refractivity contribution >= 4 is 25.3 Å². The Morgan fingerprint density at radius 3 is 1.22 bits per heavy atom. The summed E-state index contributed by atoms with van der Waals surface area (Å²) in [6.07, 6.45) is 19.7. The Labute approximate surface area is 127 Å². The summed E-state index contributed by atoms with van der Waals surface area (Å²) < 4.78 is 0.290. The van der Waals surface area contributed by atoms with Crippen molar-refractivity contribution in [1.82, 2.24) is 0 Å². The van der Waals surface area contributed by atoms with Crippen molar-refractivity contribution in [2.75, 3.05) is 0 Å². The second-order valence-corrected chi connectivity index (χ2v) is 7.17. The quantitative estimate of drug-likeness (QED) is 0.200. The molecule has 0 N–H and O–H groups in total. The van der Waals surface area contributed by atoms with Crippen molar-refractivity contribution in [2.45, 2.75) is 101 Å². The van der Waals surface area contributed by atoms with Gasteiger partial charge in [0, 0.05) is 4.58 Å². The molecule has 0 amide bonds. The third kappa shape index (κ3) is 16.7. The number of hydrogen-bond acceptors (Lipinski definition) is 2. The molecule has 18 heavy (non-hydrogen) atoms. The summed E-state index contributed by atoms with van der Waals surface area (Å²) in [4.78, 5) is 0. The first kappa shape index (κ1) is 18.7. The molecule has 0 aliphatic heterocycles. The van der Waals surface area contributed by atoms with Crippen LogP contribution in [0.4, 0.5) is 0 Å². The van der Waals surface area contributed by atoms with E-state index in [0.717, 1.165) is 6.42 Å². The van der Waals surface area contributed by atoms with E-state index >= 15 is 0 Å². The fourth-order valence-corrected chi connectivity index (χ4v) is 2.71. The van der Waals surface area contributed by atoms with Crippen LogP contribution in [0.1, 0.15) is 96.8 Å². The standard InChI is InChI=1S/C16H34S2/c1-2-3-4-5-6-7-8-9-10-11-12-13-14-15-16(17)18/h16-18H,2-15H2,1H3. The van der Waals surface area contributed by atoms with Crippen LogP contribution in [0.25, 0.3) is 0 Å². The predicted octanol–water partition coefficient (Wildman–Crippen LogP) is 6.65. The van der Waals surface area contributed by atoms with Crippen molar-refractivity contribution in [2.24, 2.45) is 0 Å². The van der Waals surface area contributed by atoms with Gasteiger partial charge in [-0.2, -0.15) is 25.3 Å². The van der Waals surface area contributed by atoms with E-state index in [9.17, 15) is 0 Å². The van der Waals surface area contributed by atoms with Gasteiger partial charge in [0.1, 0.15) is 0 Å². The topological polar surface area (TPSA) is 0 Å². The Morgan fingerprint density at radius 2 is 0.889 bits per heavy atom. The van der Waals surface area contributed by atoms with Gasteiger partial charge in [-0.15, -0.1) is 0 Å². The van der Waals surface area contributed by atoms with E-state index in [1.54, 1.807) is 0 Å². The minimum Gasteiger partial charge on any atom is -0.165 e. The molecule has 0 radical (unpaired) electrons. The molecule has 0 aromatic carbocycles. The van der Waals surface area contributed by atoms with Gasteiger partial charge in [-0.05, 0) is 6.42 Å². The van der Waals surface area contributed by atoms with Gasteiger partial charge in [-0.3, -0.25) is 0 Å². The molecular formula is C16H34S2. The summed E-state index contributed by atoms with van der Waals surface area (Å²) in [7, 11) is 0. The van der Waals surface area contributed by atoms with Gasteiger partial charge in [-0.1, -0.05) is 90.4 Å². The normalized spacial score (nSPS) is 11.3. The van der Waals surface area contributed by atoms with Gasteiger partial charge in [0.25, 0.3) is 0 Å². The summed E-state index contributed by atoms with van der Waals surface area (Å²) in [6, 6.07) is 0. The first-order valence-corrected chi connectivity index (χ1v) is 9.16. The van der Waals surface area contributed by atoms with Crippen LogP contribution in [0, 0.1) is 0 Å². The van der Waals surface area contributed by atoms with Crippen LogP contribution in [-0.4, -0.2) is 4.58 Å². The first-order valence-electron chi connectivity index (χ1n) is 8.13. The third-order valence-corrected chi connectivity index (χ3v) is 4.08. The van der Waals surface area contributed by atoms with E-state index in [2.05, 4.69) is 32.2 Å². The van der Waals surface area contributed by atoms with Crippen LogP contribution in [-0.2, 0) is 0 Å². The van der Waals surface area contributed by atoms with Crippen LogP contribution in [0.3, 0.4) is 0 Å². The monoisotopic (exact) mass is 290 g/mol. The average Bonchev–Trinajstić information content (AvgIpc) is 2.34. The molecule has 0 spiro atoms. The van der Waals surface area contributed by atoms with Gasteiger partial charge in [-0.25, -0.2) is 0 Å². The number of thiol groups is 2. The van der Waals surface area contributed by atoms with E-state index in [-0.39, 0.29) is 4.58 Å². The highest BCUT2D eigenvalue weighted by atomic mass is 32.2. The number of hydrogen-bond donors (Lipinski definition) is 2. The lowest BCUT2D eigenvalue weighted by Gasteiger charge is -2.04. The smallest absolute Gasteiger partial charge is 0.0442 e. The summed E-state index contributed by atoms with van der Waals surface area (Å²) in [6.45, 7) is 2.28. The molecule has 0 rings (SSSR count). The predicted molar refractivity (Wildman–Crippen MR) is 92.1 cm³/mol. The Balaban J connectivity index is 2.90.